The predicted octanol–water partition coefficient (Wildman–Crippen LogP) is 5.04. The Morgan fingerprint density at radius 3 is 2.63 bits per heavy atom. The van der Waals surface area contributed by atoms with E-state index in [9.17, 15) is 9.59 Å². The maximum Gasteiger partial charge on any atom is 0.295 e. The molecule has 8 heteroatoms. The molecule has 2 aromatic rings. The summed E-state index contributed by atoms with van der Waals surface area (Å²) in [5.41, 5.74) is 1.04. The Labute approximate surface area is 183 Å². The van der Waals surface area contributed by atoms with Crippen molar-refractivity contribution in [1.82, 2.24) is 5.16 Å². The highest BCUT2D eigenvalue weighted by Crippen LogP contribution is 2.49. The molecule has 1 amide bonds. The van der Waals surface area contributed by atoms with Gasteiger partial charge in [-0.3, -0.25) is 14.5 Å². The number of carbonyl (C=O) groups is 2. The number of hydrogen-bond donors (Lipinski definition) is 0. The van der Waals surface area contributed by atoms with Crippen molar-refractivity contribution in [3.8, 4) is 0 Å². The minimum atomic E-state index is -0.697. The van der Waals surface area contributed by atoms with Crippen molar-refractivity contribution in [3.05, 3.63) is 57.0 Å². The second-order valence-corrected chi connectivity index (χ2v) is 9.15. The zero-order chi connectivity index (χ0) is 21.2. The molecule has 30 heavy (non-hydrogen) atoms. The lowest BCUT2D eigenvalue weighted by atomic mass is 9.74. The fraction of sp³-hybridized carbons (Fsp3) is 0.409. The van der Waals surface area contributed by atoms with Crippen LogP contribution in [0.4, 0.5) is 5.82 Å². The quantitative estimate of drug-likeness (QED) is 0.645. The third kappa shape index (κ3) is 2.96. The van der Waals surface area contributed by atoms with Crippen molar-refractivity contribution >= 4 is 40.7 Å². The van der Waals surface area contributed by atoms with E-state index in [0.29, 0.717) is 38.7 Å². The van der Waals surface area contributed by atoms with Crippen molar-refractivity contribution in [2.45, 2.75) is 45.3 Å². The van der Waals surface area contributed by atoms with Crippen LogP contribution in [-0.2, 0) is 14.3 Å². The first-order chi connectivity index (χ1) is 14.3. The zero-order valence-corrected chi connectivity index (χ0v) is 18.0. The van der Waals surface area contributed by atoms with E-state index in [-0.39, 0.29) is 29.5 Å². The Morgan fingerprint density at radius 1 is 1.13 bits per heavy atom. The molecule has 1 saturated carbocycles. The van der Waals surface area contributed by atoms with Gasteiger partial charge in [0.05, 0.1) is 27.6 Å². The summed E-state index contributed by atoms with van der Waals surface area (Å²) < 4.78 is 11.4. The van der Waals surface area contributed by atoms with Gasteiger partial charge in [0.15, 0.2) is 17.4 Å². The van der Waals surface area contributed by atoms with Crippen LogP contribution in [-0.4, -0.2) is 23.0 Å². The maximum absolute atomic E-state index is 13.6. The van der Waals surface area contributed by atoms with E-state index >= 15 is 0 Å². The minimum absolute atomic E-state index is 0.0278. The van der Waals surface area contributed by atoms with Crippen LogP contribution in [0.25, 0.3) is 0 Å². The predicted molar refractivity (Wildman–Crippen MR) is 111 cm³/mol. The van der Waals surface area contributed by atoms with Crippen LogP contribution in [0.2, 0.25) is 10.0 Å². The number of aryl methyl sites for hydroxylation is 1. The van der Waals surface area contributed by atoms with Gasteiger partial charge in [-0.25, -0.2) is 0 Å². The number of rotatable bonds is 2. The topological polar surface area (TPSA) is 72.6 Å². The third-order valence-corrected chi connectivity index (χ3v) is 6.97. The minimum Gasteiger partial charge on any atom is -0.483 e. The lowest BCUT2D eigenvalue weighted by molar-refractivity contribution is -0.132. The van der Waals surface area contributed by atoms with Crippen LogP contribution >= 0.6 is 23.2 Å². The molecule has 0 N–H and O–H groups in total. The number of nitrogens with zero attached hydrogens (tertiary/aromatic N) is 2. The van der Waals surface area contributed by atoms with Crippen LogP contribution < -0.4 is 4.90 Å². The number of hydrogen-bond acceptors (Lipinski definition) is 5. The number of halogens is 2. The van der Waals surface area contributed by atoms with Gasteiger partial charge < -0.3 is 9.26 Å². The third-order valence-electron chi connectivity index (χ3n) is 6.23. The van der Waals surface area contributed by atoms with E-state index in [4.69, 9.17) is 32.5 Å². The van der Waals surface area contributed by atoms with E-state index in [1.54, 1.807) is 31.2 Å². The first kappa shape index (κ1) is 19.6. The van der Waals surface area contributed by atoms with Gasteiger partial charge in [0.2, 0.25) is 0 Å². The summed E-state index contributed by atoms with van der Waals surface area (Å²) in [6.07, 6.45) is 2.24. The number of carbonyl (C=O) groups excluding carboxylic acids is 2. The molecule has 0 saturated heterocycles. The van der Waals surface area contributed by atoms with Crippen LogP contribution in [0.15, 0.2) is 40.1 Å². The number of fused-ring (bicyclic) bond motifs is 1. The van der Waals surface area contributed by atoms with Crippen molar-refractivity contribution in [2.75, 3.05) is 4.90 Å². The Balaban J connectivity index is 1.66. The highest BCUT2D eigenvalue weighted by atomic mass is 35.5. The summed E-state index contributed by atoms with van der Waals surface area (Å²) >= 11 is 12.4. The van der Waals surface area contributed by atoms with Crippen molar-refractivity contribution in [1.29, 1.82) is 0 Å². The molecule has 6 nitrogen and oxygen atoms in total. The largest absolute Gasteiger partial charge is 0.483 e. The number of aromatic nitrogens is 1. The lowest BCUT2D eigenvalue weighted by Gasteiger charge is -2.37. The second kappa shape index (κ2) is 7.13. The first-order valence-corrected chi connectivity index (χ1v) is 10.8. The van der Waals surface area contributed by atoms with Gasteiger partial charge in [-0.1, -0.05) is 41.3 Å². The second-order valence-electron chi connectivity index (χ2n) is 8.34. The average Bonchev–Trinajstić information content (AvgIpc) is 3.26. The molecule has 1 fully saturated rings. The number of Topliss-reactive ketones (excluding diaryl/α,β-unsaturated/α-hetero) is 1. The van der Waals surface area contributed by atoms with Crippen LogP contribution in [0.1, 0.15) is 43.6 Å². The molecule has 1 aromatic carbocycles. The summed E-state index contributed by atoms with van der Waals surface area (Å²) in [4.78, 5) is 28.5. The molecule has 2 aliphatic heterocycles. The molecule has 4 atom stereocenters. The van der Waals surface area contributed by atoms with Crippen LogP contribution in [0.5, 0.6) is 0 Å². The molecule has 156 valence electrons. The molecule has 1 aliphatic carbocycles. The van der Waals surface area contributed by atoms with Crippen molar-refractivity contribution in [3.63, 3.8) is 0 Å². The maximum atomic E-state index is 13.6. The lowest BCUT2D eigenvalue weighted by Crippen LogP contribution is -2.41. The fourth-order valence-electron chi connectivity index (χ4n) is 4.78. The molecule has 3 heterocycles. The number of ketones is 1. The standard InChI is InChI=1S/C22H20Cl2N2O4/c1-10-3-6-16-13(7-10)20(27)18-19(12-4-5-14(23)15(24)9-12)26(22(28)21(18)29-16)17-8-11(2)30-25-17/h4-5,8-10,13,16,19H,3,6-7H2,1-2H3. The van der Waals surface area contributed by atoms with E-state index < -0.39 is 6.04 Å². The molecule has 0 radical (unpaired) electrons. The van der Waals surface area contributed by atoms with Gasteiger partial charge in [0, 0.05) is 6.07 Å². The number of benzene rings is 1. The van der Waals surface area contributed by atoms with E-state index in [2.05, 4.69) is 12.1 Å². The molecule has 0 bridgehead atoms. The zero-order valence-electron chi connectivity index (χ0n) is 16.5. The number of ether oxygens (including phenoxy) is 1. The highest BCUT2D eigenvalue weighted by molar-refractivity contribution is 6.42. The molecule has 1 aromatic heterocycles. The average molecular weight is 447 g/mol. The van der Waals surface area contributed by atoms with Gasteiger partial charge >= 0.3 is 0 Å². The summed E-state index contributed by atoms with van der Waals surface area (Å²) in [5.74, 6) is 0.786. The van der Waals surface area contributed by atoms with E-state index in [1.165, 1.54) is 4.90 Å². The Hall–Kier alpha value is -2.31. The van der Waals surface area contributed by atoms with E-state index in [0.717, 1.165) is 19.3 Å². The highest BCUT2D eigenvalue weighted by Gasteiger charge is 2.53. The van der Waals surface area contributed by atoms with Gasteiger partial charge in [0.1, 0.15) is 11.9 Å². The van der Waals surface area contributed by atoms with Crippen LogP contribution in [0, 0.1) is 18.8 Å². The number of anilines is 1. The number of amides is 1. The summed E-state index contributed by atoms with van der Waals surface area (Å²) in [6, 6.07) is 6.08. The fourth-order valence-corrected chi connectivity index (χ4v) is 5.08. The van der Waals surface area contributed by atoms with Crippen molar-refractivity contribution in [2.24, 2.45) is 11.8 Å². The summed E-state index contributed by atoms with van der Waals surface area (Å²) in [7, 11) is 0. The molecule has 0 spiro atoms. The van der Waals surface area contributed by atoms with Gasteiger partial charge in [0.25, 0.3) is 5.91 Å². The normalized spacial score (nSPS) is 28.5. The van der Waals surface area contributed by atoms with Crippen LogP contribution in [0.3, 0.4) is 0 Å². The SMILES string of the molecule is Cc1cc(N2C(=O)C3=C(C(=O)C4CC(C)CCC4O3)C2c2ccc(Cl)c(Cl)c2)no1. The smallest absolute Gasteiger partial charge is 0.295 e. The Bertz CT molecular complexity index is 1090. The van der Waals surface area contributed by atoms with Crippen molar-refractivity contribution < 1.29 is 18.8 Å². The molecular weight excluding hydrogens is 427 g/mol. The molecule has 5 rings (SSSR count). The molecular formula is C22H20Cl2N2O4. The molecule has 4 unspecified atom stereocenters. The Morgan fingerprint density at radius 2 is 1.93 bits per heavy atom. The Kier molecular flexibility index (Phi) is 4.67. The first-order valence-electron chi connectivity index (χ1n) is 10.0. The van der Waals surface area contributed by atoms with Gasteiger partial charge in [-0.15, -0.1) is 0 Å². The monoisotopic (exact) mass is 446 g/mol. The molecule has 3 aliphatic rings. The summed E-state index contributed by atoms with van der Waals surface area (Å²) in [5, 5.41) is 4.77. The van der Waals surface area contributed by atoms with E-state index in [1.807, 2.05) is 0 Å². The van der Waals surface area contributed by atoms with Gasteiger partial charge in [-0.2, -0.15) is 0 Å². The van der Waals surface area contributed by atoms with Gasteiger partial charge in [-0.05, 0) is 49.8 Å². The summed E-state index contributed by atoms with van der Waals surface area (Å²) in [6.45, 7) is 3.89.